The van der Waals surface area contributed by atoms with Gasteiger partial charge in [0.25, 0.3) is 0 Å². The first kappa shape index (κ1) is 31.2. The fraction of sp³-hybridized carbons (Fsp3) is 0.154. The number of nitrogens with zero attached hydrogens (tertiary/aromatic N) is 1. The molecule has 0 aliphatic heterocycles. The van der Waals surface area contributed by atoms with Gasteiger partial charge >= 0.3 is 0 Å². The molecule has 1 aliphatic rings. The third-order valence-corrected chi connectivity index (χ3v) is 9.58. The average Bonchev–Trinajstić information content (AvgIpc) is 3.07. The van der Waals surface area contributed by atoms with Crippen LogP contribution < -0.4 is 11.5 Å². The van der Waals surface area contributed by atoms with Crippen molar-refractivity contribution in [3.05, 3.63) is 168 Å². The Balaban J connectivity index is 1.70. The lowest BCUT2D eigenvalue weighted by atomic mass is 9.67. The Bertz CT molecular complexity index is 1780. The fourth-order valence-corrected chi connectivity index (χ4v) is 6.62. The third-order valence-electron chi connectivity index (χ3n) is 8.19. The molecule has 0 saturated carbocycles. The Morgan fingerprint density at radius 1 is 1.00 bits per heavy atom. The minimum atomic E-state index is -0.0327. The standard InChI is InChI=1S/C39H39N3S2/c1-4-34-35(5-2)39(32-14-16-33(42-23-32)25-44-19-18-40)37-21-30(29-13-12-27-8-6-7-9-28(27)20-29)15-17-36(37)38(34)31(22-41)11-10-26(3)24-43/h4-23,26,35,39,43H,1-2,24-25,40-41H2,3H3/b11-10-,19-18-,31-22+. The van der Waals surface area contributed by atoms with E-state index in [9.17, 15) is 0 Å². The molecule has 1 aliphatic carbocycles. The number of hydrogen-bond donors (Lipinski definition) is 3. The number of allylic oxidation sites excluding steroid dienone is 7. The number of thiol groups is 1. The largest absolute Gasteiger partial charge is 0.404 e. The van der Waals surface area contributed by atoms with Crippen LogP contribution in [0.1, 0.15) is 35.2 Å². The van der Waals surface area contributed by atoms with Gasteiger partial charge in [-0.1, -0.05) is 92.4 Å². The van der Waals surface area contributed by atoms with E-state index in [1.165, 1.54) is 21.9 Å². The normalized spacial score (nSPS) is 17.7. The lowest BCUT2D eigenvalue weighted by Crippen LogP contribution is -2.22. The number of benzene rings is 3. The molecule has 4 aromatic rings. The highest BCUT2D eigenvalue weighted by Gasteiger charge is 2.35. The van der Waals surface area contributed by atoms with E-state index in [1.54, 1.807) is 24.2 Å². The molecule has 44 heavy (non-hydrogen) atoms. The van der Waals surface area contributed by atoms with Crippen molar-refractivity contribution < 1.29 is 0 Å². The molecule has 222 valence electrons. The number of aromatic nitrogens is 1. The van der Waals surface area contributed by atoms with E-state index in [-0.39, 0.29) is 11.8 Å². The molecular weight excluding hydrogens is 575 g/mol. The summed E-state index contributed by atoms with van der Waals surface area (Å²) in [7, 11) is 0. The second-order valence-corrected chi connectivity index (χ2v) is 12.3. The highest BCUT2D eigenvalue weighted by atomic mass is 32.2. The highest BCUT2D eigenvalue weighted by Crippen LogP contribution is 2.50. The maximum Gasteiger partial charge on any atom is 0.0506 e. The zero-order chi connectivity index (χ0) is 31.1. The lowest BCUT2D eigenvalue weighted by Gasteiger charge is -2.36. The average molecular weight is 614 g/mol. The van der Waals surface area contributed by atoms with Gasteiger partial charge in [0.1, 0.15) is 0 Å². The van der Waals surface area contributed by atoms with Gasteiger partial charge in [-0.2, -0.15) is 12.6 Å². The predicted octanol–water partition coefficient (Wildman–Crippen LogP) is 9.42. The Morgan fingerprint density at radius 2 is 1.77 bits per heavy atom. The zero-order valence-electron chi connectivity index (χ0n) is 25.1. The topological polar surface area (TPSA) is 64.9 Å². The quantitative estimate of drug-likeness (QED) is 0.0896. The van der Waals surface area contributed by atoms with Gasteiger partial charge in [0.15, 0.2) is 0 Å². The van der Waals surface area contributed by atoms with Crippen molar-refractivity contribution in [1.29, 1.82) is 0 Å². The van der Waals surface area contributed by atoms with Crippen molar-refractivity contribution >= 4 is 40.7 Å². The summed E-state index contributed by atoms with van der Waals surface area (Å²) in [6, 6.07) is 26.2. The maximum absolute atomic E-state index is 6.33. The summed E-state index contributed by atoms with van der Waals surface area (Å²) in [6.07, 6.45) is 13.5. The second-order valence-electron chi connectivity index (χ2n) is 11.0. The Morgan fingerprint density at radius 3 is 2.45 bits per heavy atom. The minimum absolute atomic E-state index is 0.00262. The summed E-state index contributed by atoms with van der Waals surface area (Å²) in [5.74, 6) is 1.79. The fourth-order valence-electron chi connectivity index (χ4n) is 5.95. The van der Waals surface area contributed by atoms with Gasteiger partial charge in [-0.15, -0.1) is 18.3 Å². The molecule has 3 unspecified atom stereocenters. The van der Waals surface area contributed by atoms with Gasteiger partial charge in [-0.05, 0) is 90.6 Å². The van der Waals surface area contributed by atoms with Crippen LogP contribution in [-0.4, -0.2) is 10.7 Å². The zero-order valence-corrected chi connectivity index (χ0v) is 26.8. The Labute approximate surface area is 271 Å². The predicted molar refractivity (Wildman–Crippen MR) is 195 cm³/mol. The summed E-state index contributed by atoms with van der Waals surface area (Å²) in [4.78, 5) is 4.84. The van der Waals surface area contributed by atoms with E-state index in [1.807, 2.05) is 23.8 Å². The smallest absolute Gasteiger partial charge is 0.0506 e. The molecule has 5 heteroatoms. The number of hydrogen-bond acceptors (Lipinski definition) is 5. The van der Waals surface area contributed by atoms with Crippen LogP contribution in [0.15, 0.2) is 145 Å². The number of thioether (sulfide) groups is 1. The van der Waals surface area contributed by atoms with E-state index < -0.39 is 0 Å². The van der Waals surface area contributed by atoms with Crippen molar-refractivity contribution in [2.24, 2.45) is 23.3 Å². The molecule has 0 spiro atoms. The number of nitrogens with two attached hydrogens (primary N) is 2. The third kappa shape index (κ3) is 6.50. The van der Waals surface area contributed by atoms with Crippen molar-refractivity contribution in [3.63, 3.8) is 0 Å². The number of pyridine rings is 1. The van der Waals surface area contributed by atoms with Crippen LogP contribution >= 0.6 is 24.4 Å². The molecule has 1 heterocycles. The van der Waals surface area contributed by atoms with Crippen LogP contribution in [0.25, 0.3) is 27.5 Å². The molecule has 5 rings (SSSR count). The van der Waals surface area contributed by atoms with Crippen LogP contribution in [0.2, 0.25) is 0 Å². The molecular formula is C39H39N3S2. The van der Waals surface area contributed by atoms with Crippen molar-refractivity contribution in [2.75, 3.05) is 5.75 Å². The van der Waals surface area contributed by atoms with Crippen molar-refractivity contribution in [2.45, 2.75) is 18.6 Å². The summed E-state index contributed by atoms with van der Waals surface area (Å²) in [5.41, 5.74) is 21.8. The Hall–Kier alpha value is -4.19. The second kappa shape index (κ2) is 14.5. The first-order valence-electron chi connectivity index (χ1n) is 14.8. The molecule has 4 N–H and O–H groups in total. The van der Waals surface area contributed by atoms with Crippen LogP contribution in [0, 0.1) is 11.8 Å². The summed E-state index contributed by atoms with van der Waals surface area (Å²) >= 11 is 6.10. The van der Waals surface area contributed by atoms with Gasteiger partial charge in [0.2, 0.25) is 0 Å². The van der Waals surface area contributed by atoms with E-state index >= 15 is 0 Å². The van der Waals surface area contributed by atoms with E-state index in [0.717, 1.165) is 50.6 Å². The molecule has 0 saturated heterocycles. The SMILES string of the molecule is C=CC1=C(C(/C=C\C(C)CS)=C/N)c2ccc(-c3ccc4ccccc4c3)cc2C(c2ccc(CS/C=C\N)nc2)C1C=C. The van der Waals surface area contributed by atoms with Crippen LogP contribution in [0.5, 0.6) is 0 Å². The van der Waals surface area contributed by atoms with Gasteiger partial charge < -0.3 is 11.5 Å². The maximum atomic E-state index is 6.33. The molecule has 0 amide bonds. The lowest BCUT2D eigenvalue weighted by molar-refractivity contribution is 0.650. The van der Waals surface area contributed by atoms with Gasteiger partial charge in [-0.3, -0.25) is 4.98 Å². The van der Waals surface area contributed by atoms with Crippen molar-refractivity contribution in [1.82, 2.24) is 4.98 Å². The first-order chi connectivity index (χ1) is 21.5. The van der Waals surface area contributed by atoms with Crippen LogP contribution in [0.3, 0.4) is 0 Å². The molecule has 0 radical (unpaired) electrons. The van der Waals surface area contributed by atoms with E-state index in [0.29, 0.717) is 5.92 Å². The van der Waals surface area contributed by atoms with Crippen LogP contribution in [0.4, 0.5) is 0 Å². The monoisotopic (exact) mass is 613 g/mol. The summed E-state index contributed by atoms with van der Waals surface area (Å²) in [6.45, 7) is 10.7. The van der Waals surface area contributed by atoms with Crippen LogP contribution in [-0.2, 0) is 5.75 Å². The Kier molecular flexibility index (Phi) is 10.3. The minimum Gasteiger partial charge on any atom is -0.404 e. The first-order valence-corrected chi connectivity index (χ1v) is 16.5. The highest BCUT2D eigenvalue weighted by molar-refractivity contribution is 8.01. The number of fused-ring (bicyclic) bond motifs is 2. The molecule has 0 bridgehead atoms. The molecule has 0 fully saturated rings. The molecule has 3 aromatic carbocycles. The summed E-state index contributed by atoms with van der Waals surface area (Å²) < 4.78 is 0. The van der Waals surface area contributed by atoms with Gasteiger partial charge in [-0.25, -0.2) is 0 Å². The van der Waals surface area contributed by atoms with Gasteiger partial charge in [0, 0.05) is 36.2 Å². The molecule has 3 nitrogen and oxygen atoms in total. The molecule has 1 aromatic heterocycles. The van der Waals surface area contributed by atoms with Gasteiger partial charge in [0.05, 0.1) is 5.69 Å². The van der Waals surface area contributed by atoms with E-state index in [4.69, 9.17) is 16.5 Å². The number of rotatable bonds is 11. The summed E-state index contributed by atoms with van der Waals surface area (Å²) in [5, 5.41) is 4.33. The molecule has 3 atom stereocenters. The van der Waals surface area contributed by atoms with Crippen molar-refractivity contribution in [3.8, 4) is 11.1 Å². The van der Waals surface area contributed by atoms with E-state index in [2.05, 4.69) is 118 Å².